The molecule has 4 rings (SSSR count). The molecule has 210 valence electrons. The Morgan fingerprint density at radius 1 is 1.23 bits per heavy atom. The summed E-state index contributed by atoms with van der Waals surface area (Å²) in [5, 5.41) is 0.311. The molecule has 8 nitrogen and oxygen atoms in total. The Balaban J connectivity index is 2.00. The molecule has 0 aliphatic carbocycles. The fraction of sp³-hybridized carbons (Fsp3) is 0.231. The third-order valence-electron chi connectivity index (χ3n) is 5.58. The molecule has 0 unspecified atom stereocenters. The number of methoxy groups -OCH3 is 1. The molecule has 0 fully saturated rings. The first kappa shape index (κ1) is 29.6. The van der Waals surface area contributed by atoms with Crippen LogP contribution in [-0.4, -0.2) is 36.4 Å². The van der Waals surface area contributed by atoms with Crippen molar-refractivity contribution in [1.82, 2.24) is 4.57 Å². The van der Waals surface area contributed by atoms with E-state index >= 15 is 0 Å². The van der Waals surface area contributed by atoms with Crippen LogP contribution < -0.4 is 24.4 Å². The van der Waals surface area contributed by atoms with Gasteiger partial charge in [-0.2, -0.15) is 13.2 Å². The van der Waals surface area contributed by atoms with E-state index < -0.39 is 41.0 Å². The highest BCUT2D eigenvalue weighted by molar-refractivity contribution is 9.10. The number of carbonyl (C=O) groups is 2. The fourth-order valence-corrected chi connectivity index (χ4v) is 5.69. The number of benzene rings is 2. The monoisotopic (exact) mass is 658 g/mol. The van der Waals surface area contributed by atoms with Crippen LogP contribution in [0.15, 0.2) is 61.9 Å². The molecular weight excluding hydrogens is 641 g/mol. The zero-order valence-electron chi connectivity index (χ0n) is 21.0. The Labute approximate surface area is 242 Å². The Morgan fingerprint density at radius 2 is 1.90 bits per heavy atom. The molecule has 1 atom stereocenters. The fourth-order valence-electron chi connectivity index (χ4n) is 4.02. The third kappa shape index (κ3) is 5.86. The topological polar surface area (TPSA) is 96.2 Å². The van der Waals surface area contributed by atoms with E-state index in [2.05, 4.69) is 20.9 Å². The van der Waals surface area contributed by atoms with E-state index in [9.17, 15) is 27.6 Å². The van der Waals surface area contributed by atoms with Crippen molar-refractivity contribution in [3.8, 4) is 11.5 Å². The lowest BCUT2D eigenvalue weighted by molar-refractivity contribution is -0.140. The second kappa shape index (κ2) is 11.6. The summed E-state index contributed by atoms with van der Waals surface area (Å²) in [5.41, 5.74) is -2.34. The Kier molecular flexibility index (Phi) is 8.57. The minimum absolute atomic E-state index is 0.0264. The number of aromatic nitrogens is 1. The molecule has 1 aromatic heterocycles. The zero-order valence-corrected chi connectivity index (χ0v) is 24.1. The highest BCUT2D eigenvalue weighted by atomic mass is 79.9. The first-order valence-corrected chi connectivity index (χ1v) is 13.5. The van der Waals surface area contributed by atoms with E-state index in [1.807, 2.05) is 0 Å². The summed E-state index contributed by atoms with van der Waals surface area (Å²) in [6.07, 6.45) is -3.60. The summed E-state index contributed by atoms with van der Waals surface area (Å²) in [7, 11) is 1.36. The molecule has 2 heterocycles. The second-order valence-electron chi connectivity index (χ2n) is 8.24. The van der Waals surface area contributed by atoms with Gasteiger partial charge >= 0.3 is 18.1 Å². The van der Waals surface area contributed by atoms with Crippen LogP contribution >= 0.6 is 38.9 Å². The molecular formula is C26H19BrClF3N2O6S. The second-order valence-corrected chi connectivity index (χ2v) is 10.5. The van der Waals surface area contributed by atoms with Gasteiger partial charge in [0.15, 0.2) is 22.0 Å². The number of thiazole rings is 1. The van der Waals surface area contributed by atoms with Crippen LogP contribution in [0.2, 0.25) is 5.02 Å². The normalized spacial score (nSPS) is 15.4. The number of hydrogen-bond donors (Lipinski definition) is 0. The Morgan fingerprint density at radius 3 is 2.48 bits per heavy atom. The van der Waals surface area contributed by atoms with Crippen molar-refractivity contribution in [2.45, 2.75) is 26.1 Å². The van der Waals surface area contributed by atoms with E-state index in [0.29, 0.717) is 26.4 Å². The standard InChI is InChI=1S/C26H19BrClF3N2O6S/c1-4-38-24(36)19-20(14-5-7-15(28)8-6-14)33-23(35)18(40-25(33)32-22(19)26(29,30)31)11-13-9-16(27)21(39-12(2)34)17(10-13)37-3/h5-11,20H,4H2,1-3H3/b18-11-/t20-/m1/s1. The van der Waals surface area contributed by atoms with Crippen LogP contribution in [0, 0.1) is 0 Å². The number of hydrogen-bond acceptors (Lipinski definition) is 8. The largest absolute Gasteiger partial charge is 0.493 e. The molecule has 0 spiro atoms. The van der Waals surface area contributed by atoms with Gasteiger partial charge in [0.1, 0.15) is 0 Å². The van der Waals surface area contributed by atoms with Crippen molar-refractivity contribution in [2.24, 2.45) is 4.99 Å². The van der Waals surface area contributed by atoms with Gasteiger partial charge in [-0.3, -0.25) is 14.2 Å². The minimum Gasteiger partial charge on any atom is -0.493 e. The maximum atomic E-state index is 14.2. The first-order valence-electron chi connectivity index (χ1n) is 11.5. The number of esters is 2. The molecule has 3 aromatic rings. The van der Waals surface area contributed by atoms with Crippen molar-refractivity contribution >= 4 is 56.9 Å². The first-order chi connectivity index (χ1) is 18.8. The lowest BCUT2D eigenvalue weighted by Gasteiger charge is -2.26. The summed E-state index contributed by atoms with van der Waals surface area (Å²) in [6.45, 7) is 2.49. The highest BCUT2D eigenvalue weighted by Gasteiger charge is 2.45. The smallest absolute Gasteiger partial charge is 0.434 e. The predicted molar refractivity (Wildman–Crippen MR) is 144 cm³/mol. The van der Waals surface area contributed by atoms with Gasteiger partial charge in [0.05, 0.1) is 34.3 Å². The molecule has 0 bridgehead atoms. The van der Waals surface area contributed by atoms with Crippen LogP contribution in [0.25, 0.3) is 6.08 Å². The van der Waals surface area contributed by atoms with Crippen molar-refractivity contribution in [2.75, 3.05) is 13.7 Å². The van der Waals surface area contributed by atoms with E-state index in [4.69, 9.17) is 25.8 Å². The molecule has 1 aliphatic rings. The Hall–Kier alpha value is -3.42. The van der Waals surface area contributed by atoms with Gasteiger partial charge in [-0.15, -0.1) is 0 Å². The SMILES string of the molecule is CCOC(=O)C1=C(C(F)(F)F)N=c2s/c(=C\c3cc(Br)c(OC(C)=O)c(OC)c3)c(=O)n2[C@@H]1c1ccc(Cl)cc1. The van der Waals surface area contributed by atoms with Crippen LogP contribution in [0.5, 0.6) is 11.5 Å². The number of alkyl halides is 3. The van der Waals surface area contributed by atoms with E-state index in [1.165, 1.54) is 57.4 Å². The number of allylic oxidation sites excluding steroid dienone is 1. The van der Waals surface area contributed by atoms with Gasteiger partial charge in [0, 0.05) is 11.9 Å². The molecule has 0 radical (unpaired) electrons. The van der Waals surface area contributed by atoms with Gasteiger partial charge in [0.2, 0.25) is 0 Å². The predicted octanol–water partition coefficient (Wildman–Crippen LogP) is 4.69. The Bertz CT molecular complexity index is 1710. The van der Waals surface area contributed by atoms with Crippen LogP contribution in [0.4, 0.5) is 13.2 Å². The van der Waals surface area contributed by atoms with E-state index in [1.54, 1.807) is 6.07 Å². The maximum Gasteiger partial charge on any atom is 0.434 e. The number of ether oxygens (including phenoxy) is 3. The van der Waals surface area contributed by atoms with Crippen LogP contribution in [0.3, 0.4) is 0 Å². The van der Waals surface area contributed by atoms with Gasteiger partial charge in [-0.05, 0) is 64.3 Å². The molecule has 0 N–H and O–H groups in total. The number of carbonyl (C=O) groups excluding carboxylic acids is 2. The molecule has 40 heavy (non-hydrogen) atoms. The van der Waals surface area contributed by atoms with Gasteiger partial charge < -0.3 is 14.2 Å². The highest BCUT2D eigenvalue weighted by Crippen LogP contribution is 2.39. The van der Waals surface area contributed by atoms with Crippen molar-refractivity contribution in [1.29, 1.82) is 0 Å². The number of fused-ring (bicyclic) bond motifs is 1. The number of rotatable bonds is 6. The van der Waals surface area contributed by atoms with Gasteiger partial charge in [0.25, 0.3) is 5.56 Å². The molecule has 0 saturated carbocycles. The van der Waals surface area contributed by atoms with Gasteiger partial charge in [-0.25, -0.2) is 9.79 Å². The number of halogens is 5. The summed E-state index contributed by atoms with van der Waals surface area (Å²) < 4.78 is 59.5. The lowest BCUT2D eigenvalue weighted by atomic mass is 9.95. The summed E-state index contributed by atoms with van der Waals surface area (Å²) in [4.78, 5) is 41.5. The third-order valence-corrected chi connectivity index (χ3v) is 7.40. The minimum atomic E-state index is -5.02. The molecule has 0 amide bonds. The molecule has 14 heteroatoms. The average Bonchev–Trinajstić information content (AvgIpc) is 3.19. The quantitative estimate of drug-likeness (QED) is 0.282. The van der Waals surface area contributed by atoms with Crippen molar-refractivity contribution in [3.05, 3.63) is 88.0 Å². The molecule has 2 aromatic carbocycles. The maximum absolute atomic E-state index is 14.2. The van der Waals surface area contributed by atoms with E-state index in [0.717, 1.165) is 4.57 Å². The van der Waals surface area contributed by atoms with Gasteiger partial charge in [-0.1, -0.05) is 35.1 Å². The summed E-state index contributed by atoms with van der Waals surface area (Å²) in [6, 6.07) is 7.29. The lowest BCUT2D eigenvalue weighted by Crippen LogP contribution is -2.41. The summed E-state index contributed by atoms with van der Waals surface area (Å²) in [5.74, 6) is -1.54. The van der Waals surface area contributed by atoms with Crippen LogP contribution in [-0.2, 0) is 14.3 Å². The van der Waals surface area contributed by atoms with Crippen molar-refractivity contribution in [3.63, 3.8) is 0 Å². The molecule has 1 aliphatic heterocycles. The van der Waals surface area contributed by atoms with Crippen molar-refractivity contribution < 1.29 is 37.0 Å². The number of nitrogens with zero attached hydrogens (tertiary/aromatic N) is 2. The van der Waals surface area contributed by atoms with E-state index in [-0.39, 0.29) is 33.0 Å². The zero-order chi connectivity index (χ0) is 29.4. The molecule has 0 saturated heterocycles. The summed E-state index contributed by atoms with van der Waals surface area (Å²) >= 11 is 10.0. The average molecular weight is 660 g/mol. The van der Waals surface area contributed by atoms with Crippen LogP contribution in [0.1, 0.15) is 31.0 Å².